The van der Waals surface area contributed by atoms with Gasteiger partial charge in [0.25, 0.3) is 0 Å². The fraction of sp³-hybridized carbons (Fsp3) is 0.609. The second-order valence-electron chi connectivity index (χ2n) is 7.13. The van der Waals surface area contributed by atoms with Gasteiger partial charge in [0.05, 0.1) is 11.2 Å². The molecule has 0 aliphatic carbocycles. The summed E-state index contributed by atoms with van der Waals surface area (Å²) in [7, 11) is 0. The van der Waals surface area contributed by atoms with Gasteiger partial charge in [-0.3, -0.25) is 0 Å². The molecule has 2 aromatic rings. The van der Waals surface area contributed by atoms with Gasteiger partial charge in [0.2, 0.25) is 0 Å². The highest BCUT2D eigenvalue weighted by Gasteiger charge is 2.07. The number of hydrogen-bond acceptors (Lipinski definition) is 2. The van der Waals surface area contributed by atoms with Gasteiger partial charge in [0.15, 0.2) is 0 Å². The third-order valence-corrected chi connectivity index (χ3v) is 5.84. The van der Waals surface area contributed by atoms with E-state index in [0.717, 1.165) is 0 Å². The molecule has 1 aromatic carbocycles. The minimum absolute atomic E-state index is 1.19. The maximum absolute atomic E-state index is 4.58. The summed E-state index contributed by atoms with van der Waals surface area (Å²) in [5.41, 5.74) is 4.46. The summed E-state index contributed by atoms with van der Waals surface area (Å²) in [6.45, 7) is 2.29. The quantitative estimate of drug-likeness (QED) is 0.312. The first-order chi connectivity index (χ1) is 12.4. The van der Waals surface area contributed by atoms with Gasteiger partial charge in [0.1, 0.15) is 0 Å². The summed E-state index contributed by atoms with van der Waals surface area (Å²) < 4.78 is 0. The van der Waals surface area contributed by atoms with Gasteiger partial charge in [0, 0.05) is 10.4 Å². The van der Waals surface area contributed by atoms with Crippen molar-refractivity contribution in [3.05, 3.63) is 40.7 Å². The maximum Gasteiger partial charge on any atom is 0.0843 e. The number of thiazole rings is 1. The molecule has 0 saturated heterocycles. The van der Waals surface area contributed by atoms with Crippen LogP contribution in [0.25, 0.3) is 11.3 Å². The Balaban J connectivity index is 1.50. The Morgan fingerprint density at radius 1 is 0.720 bits per heavy atom. The van der Waals surface area contributed by atoms with E-state index in [2.05, 4.69) is 42.2 Å². The van der Waals surface area contributed by atoms with Gasteiger partial charge in [-0.2, -0.15) is 0 Å². The van der Waals surface area contributed by atoms with Crippen molar-refractivity contribution in [2.75, 3.05) is 0 Å². The summed E-state index contributed by atoms with van der Waals surface area (Å²) in [6.07, 6.45) is 18.1. The Morgan fingerprint density at radius 3 is 1.88 bits per heavy atom. The number of rotatable bonds is 14. The van der Waals surface area contributed by atoms with Gasteiger partial charge in [-0.1, -0.05) is 108 Å². The average Bonchev–Trinajstić information content (AvgIpc) is 3.12. The number of aryl methyl sites for hydroxylation is 1. The minimum atomic E-state index is 1.19. The van der Waals surface area contributed by atoms with E-state index in [1.807, 2.05) is 16.8 Å². The Morgan fingerprint density at radius 2 is 1.28 bits per heavy atom. The van der Waals surface area contributed by atoms with Gasteiger partial charge in [-0.05, 0) is 12.8 Å². The molecule has 138 valence electrons. The summed E-state index contributed by atoms with van der Waals surface area (Å²) >= 11 is 1.82. The average molecular weight is 358 g/mol. The Hall–Kier alpha value is -1.15. The molecule has 0 unspecified atom stereocenters. The van der Waals surface area contributed by atoms with E-state index < -0.39 is 0 Å². The van der Waals surface area contributed by atoms with Crippen LogP contribution in [0.2, 0.25) is 0 Å². The van der Waals surface area contributed by atoms with Crippen LogP contribution in [0.1, 0.15) is 88.9 Å². The number of benzene rings is 1. The van der Waals surface area contributed by atoms with Crippen molar-refractivity contribution in [1.29, 1.82) is 0 Å². The normalized spacial score (nSPS) is 11.1. The molecule has 0 fully saturated rings. The fourth-order valence-corrected chi connectivity index (χ4v) is 4.24. The van der Waals surface area contributed by atoms with E-state index in [9.17, 15) is 0 Å². The van der Waals surface area contributed by atoms with E-state index in [1.165, 1.54) is 99.6 Å². The summed E-state index contributed by atoms with van der Waals surface area (Å²) in [5, 5.41) is 0. The highest BCUT2D eigenvalue weighted by atomic mass is 32.1. The SMILES string of the molecule is CCCCCCCCCCCCCCc1scnc1-c1ccccc1. The van der Waals surface area contributed by atoms with E-state index in [-0.39, 0.29) is 0 Å². The van der Waals surface area contributed by atoms with Crippen LogP contribution in [0.5, 0.6) is 0 Å². The first-order valence-electron chi connectivity index (χ1n) is 10.4. The standard InChI is InChI=1S/C23H35NS/c1-2-3-4-5-6-7-8-9-10-11-12-16-19-22-23(24-20-25-22)21-17-14-13-15-18-21/h13-15,17-18,20H,2-12,16,19H2,1H3. The molecule has 0 radical (unpaired) electrons. The third kappa shape index (κ3) is 8.18. The Labute approximate surface area is 158 Å². The van der Waals surface area contributed by atoms with Gasteiger partial charge >= 0.3 is 0 Å². The molecule has 0 aliphatic heterocycles. The van der Waals surface area contributed by atoms with Gasteiger partial charge < -0.3 is 0 Å². The molecule has 2 heteroatoms. The molecule has 0 spiro atoms. The molecular weight excluding hydrogens is 322 g/mol. The summed E-state index contributed by atoms with van der Waals surface area (Å²) in [6, 6.07) is 10.6. The van der Waals surface area contributed by atoms with Crippen molar-refractivity contribution >= 4 is 11.3 Å². The van der Waals surface area contributed by atoms with Crippen molar-refractivity contribution in [2.24, 2.45) is 0 Å². The predicted molar refractivity (Wildman–Crippen MR) is 112 cm³/mol. The molecule has 2 rings (SSSR count). The smallest absolute Gasteiger partial charge is 0.0843 e. The summed E-state index contributed by atoms with van der Waals surface area (Å²) in [5.74, 6) is 0. The fourth-order valence-electron chi connectivity index (χ4n) is 3.41. The monoisotopic (exact) mass is 357 g/mol. The zero-order valence-electron chi connectivity index (χ0n) is 16.0. The largest absolute Gasteiger partial charge is 0.244 e. The predicted octanol–water partition coefficient (Wildman–Crippen LogP) is 8.05. The molecule has 1 nitrogen and oxygen atoms in total. The zero-order valence-corrected chi connectivity index (χ0v) is 16.8. The van der Waals surface area contributed by atoms with Gasteiger partial charge in [-0.15, -0.1) is 11.3 Å². The van der Waals surface area contributed by atoms with E-state index in [4.69, 9.17) is 0 Å². The molecule has 0 aliphatic rings. The topological polar surface area (TPSA) is 12.9 Å². The van der Waals surface area contributed by atoms with Crippen LogP contribution in [0.15, 0.2) is 35.8 Å². The number of nitrogens with zero attached hydrogens (tertiary/aromatic N) is 1. The van der Waals surface area contributed by atoms with E-state index in [0.29, 0.717) is 0 Å². The number of aromatic nitrogens is 1. The van der Waals surface area contributed by atoms with Crippen LogP contribution in [-0.2, 0) is 6.42 Å². The first-order valence-corrected chi connectivity index (χ1v) is 11.3. The van der Waals surface area contributed by atoms with Crippen molar-refractivity contribution in [1.82, 2.24) is 4.98 Å². The number of unbranched alkanes of at least 4 members (excludes halogenated alkanes) is 11. The lowest BCUT2D eigenvalue weighted by atomic mass is 10.0. The molecule has 25 heavy (non-hydrogen) atoms. The van der Waals surface area contributed by atoms with Crippen molar-refractivity contribution in [3.63, 3.8) is 0 Å². The molecule has 0 saturated carbocycles. The van der Waals surface area contributed by atoms with Crippen molar-refractivity contribution < 1.29 is 0 Å². The van der Waals surface area contributed by atoms with Crippen LogP contribution in [0, 0.1) is 0 Å². The molecule has 0 amide bonds. The Bertz CT molecular complexity index is 546. The van der Waals surface area contributed by atoms with Crippen LogP contribution < -0.4 is 0 Å². The highest BCUT2D eigenvalue weighted by Crippen LogP contribution is 2.27. The van der Waals surface area contributed by atoms with E-state index in [1.54, 1.807) is 0 Å². The van der Waals surface area contributed by atoms with Crippen molar-refractivity contribution in [3.8, 4) is 11.3 Å². The molecular formula is C23H35NS. The molecule has 0 bridgehead atoms. The minimum Gasteiger partial charge on any atom is -0.244 e. The number of hydrogen-bond donors (Lipinski definition) is 0. The summed E-state index contributed by atoms with van der Waals surface area (Å²) in [4.78, 5) is 6.04. The Kier molecular flexibility index (Phi) is 10.6. The lowest BCUT2D eigenvalue weighted by molar-refractivity contribution is 0.544. The van der Waals surface area contributed by atoms with Gasteiger partial charge in [-0.25, -0.2) is 4.98 Å². The van der Waals surface area contributed by atoms with E-state index >= 15 is 0 Å². The van der Waals surface area contributed by atoms with Crippen LogP contribution in [0.4, 0.5) is 0 Å². The van der Waals surface area contributed by atoms with Crippen LogP contribution >= 0.6 is 11.3 Å². The third-order valence-electron chi connectivity index (χ3n) is 4.95. The van der Waals surface area contributed by atoms with Crippen LogP contribution in [0.3, 0.4) is 0 Å². The molecule has 1 heterocycles. The second kappa shape index (κ2) is 13.1. The molecule has 0 N–H and O–H groups in total. The molecule has 0 atom stereocenters. The second-order valence-corrected chi connectivity index (χ2v) is 8.07. The lowest BCUT2D eigenvalue weighted by Crippen LogP contribution is -1.88. The molecule has 1 aromatic heterocycles. The first kappa shape index (κ1) is 20.2. The lowest BCUT2D eigenvalue weighted by Gasteiger charge is -2.04. The maximum atomic E-state index is 4.58. The van der Waals surface area contributed by atoms with Crippen molar-refractivity contribution in [2.45, 2.75) is 90.4 Å². The van der Waals surface area contributed by atoms with Crippen LogP contribution in [-0.4, -0.2) is 4.98 Å². The highest BCUT2D eigenvalue weighted by molar-refractivity contribution is 7.10. The zero-order chi connectivity index (χ0) is 17.6.